The summed E-state index contributed by atoms with van der Waals surface area (Å²) in [5.74, 6) is 6.51. The lowest BCUT2D eigenvalue weighted by Gasteiger charge is -2.61. The summed E-state index contributed by atoms with van der Waals surface area (Å²) in [6.07, 6.45) is 9.34. The zero-order chi connectivity index (χ0) is 29.7. The molecule has 0 spiro atoms. The number of aliphatic hydroxyl groups is 4. The van der Waals surface area contributed by atoms with E-state index in [1.54, 1.807) is 0 Å². The summed E-state index contributed by atoms with van der Waals surface area (Å²) in [6.45, 7) is 14.6. The van der Waals surface area contributed by atoms with Crippen molar-refractivity contribution in [3.05, 3.63) is 0 Å². The third kappa shape index (κ3) is 5.81. The van der Waals surface area contributed by atoms with Crippen molar-refractivity contribution in [3.8, 4) is 0 Å². The molecule has 0 bridgehead atoms. The van der Waals surface area contributed by atoms with E-state index in [9.17, 15) is 20.4 Å². The van der Waals surface area contributed by atoms with E-state index in [0.717, 1.165) is 60.7 Å². The molecule has 5 rings (SSSR count). The normalized spacial score (nSPS) is 49.7. The van der Waals surface area contributed by atoms with E-state index in [1.807, 2.05) is 0 Å². The highest BCUT2D eigenvalue weighted by Gasteiger charge is 2.61. The molecule has 5 fully saturated rings. The van der Waals surface area contributed by atoms with Gasteiger partial charge in [0, 0.05) is 0 Å². The SMILES string of the molecule is CC[C@H](CC[C@@H](C)[C@H]1CC[C@H]2[C@@H]3CC[C@H]4C[C@@H](O[C@@H]5OC(CO)[C@@H](O)C(O)[C@@H]5O)CC[C@]4(C)[C@H]3CC[C@]12C)C(C)C. The van der Waals surface area contributed by atoms with Gasteiger partial charge in [-0.2, -0.15) is 0 Å². The highest BCUT2D eigenvalue weighted by molar-refractivity contribution is 5.10. The molecular weight excluding hydrogens is 516 g/mol. The zero-order valence-electron chi connectivity index (χ0n) is 26.9. The van der Waals surface area contributed by atoms with Crippen LogP contribution in [0.4, 0.5) is 0 Å². The summed E-state index contributed by atoms with van der Waals surface area (Å²) in [4.78, 5) is 0. The average molecular weight is 579 g/mol. The Morgan fingerprint density at radius 2 is 1.54 bits per heavy atom. The minimum absolute atomic E-state index is 0.0330. The molecule has 15 atom stereocenters. The van der Waals surface area contributed by atoms with Crippen molar-refractivity contribution in [3.63, 3.8) is 0 Å². The molecule has 4 N–H and O–H groups in total. The molecule has 4 saturated carbocycles. The van der Waals surface area contributed by atoms with Gasteiger partial charge >= 0.3 is 0 Å². The highest BCUT2D eigenvalue weighted by Crippen LogP contribution is 2.68. The molecule has 41 heavy (non-hydrogen) atoms. The van der Waals surface area contributed by atoms with Gasteiger partial charge in [-0.1, -0.05) is 54.4 Å². The largest absolute Gasteiger partial charge is 0.394 e. The van der Waals surface area contributed by atoms with Gasteiger partial charge in [0.15, 0.2) is 6.29 Å². The van der Waals surface area contributed by atoms with Crippen LogP contribution < -0.4 is 0 Å². The van der Waals surface area contributed by atoms with Crippen molar-refractivity contribution in [2.45, 2.75) is 155 Å². The van der Waals surface area contributed by atoms with Gasteiger partial charge < -0.3 is 29.9 Å². The minimum Gasteiger partial charge on any atom is -0.394 e. The number of ether oxygens (including phenoxy) is 2. The van der Waals surface area contributed by atoms with Crippen molar-refractivity contribution in [2.75, 3.05) is 6.61 Å². The molecule has 6 nitrogen and oxygen atoms in total. The highest BCUT2D eigenvalue weighted by atomic mass is 16.7. The van der Waals surface area contributed by atoms with Crippen molar-refractivity contribution in [1.29, 1.82) is 0 Å². The number of hydrogen-bond acceptors (Lipinski definition) is 6. The second kappa shape index (κ2) is 12.6. The van der Waals surface area contributed by atoms with Crippen LogP contribution in [-0.2, 0) is 9.47 Å². The number of hydrogen-bond donors (Lipinski definition) is 4. The second-order valence-corrected chi connectivity index (χ2v) is 16.1. The predicted molar refractivity (Wildman–Crippen MR) is 161 cm³/mol. The predicted octanol–water partition coefficient (Wildman–Crippen LogP) is 5.93. The smallest absolute Gasteiger partial charge is 0.186 e. The first-order chi connectivity index (χ1) is 19.4. The van der Waals surface area contributed by atoms with Crippen molar-refractivity contribution in [1.82, 2.24) is 0 Å². The van der Waals surface area contributed by atoms with E-state index in [-0.39, 0.29) is 6.10 Å². The van der Waals surface area contributed by atoms with E-state index >= 15 is 0 Å². The van der Waals surface area contributed by atoms with Gasteiger partial charge in [-0.25, -0.2) is 0 Å². The van der Waals surface area contributed by atoms with Gasteiger partial charge in [0.1, 0.15) is 24.4 Å². The molecule has 0 aromatic heterocycles. The molecule has 0 amide bonds. The fourth-order valence-corrected chi connectivity index (χ4v) is 11.4. The summed E-state index contributed by atoms with van der Waals surface area (Å²) >= 11 is 0. The third-order valence-electron chi connectivity index (χ3n) is 14.0. The topological polar surface area (TPSA) is 99.4 Å². The van der Waals surface area contributed by atoms with Gasteiger partial charge in [0.25, 0.3) is 0 Å². The van der Waals surface area contributed by atoms with Gasteiger partial charge in [0.05, 0.1) is 12.7 Å². The fraction of sp³-hybridized carbons (Fsp3) is 1.00. The Kier molecular flexibility index (Phi) is 9.91. The van der Waals surface area contributed by atoms with Crippen LogP contribution in [0.3, 0.4) is 0 Å². The van der Waals surface area contributed by atoms with Crippen LogP contribution in [0, 0.1) is 58.2 Å². The molecule has 238 valence electrons. The molecule has 1 saturated heterocycles. The van der Waals surface area contributed by atoms with Crippen LogP contribution in [0.1, 0.15) is 119 Å². The molecule has 6 heteroatoms. The first kappa shape index (κ1) is 32.2. The summed E-state index contributed by atoms with van der Waals surface area (Å²) in [5, 5.41) is 40.4. The quantitative estimate of drug-likeness (QED) is 0.253. The van der Waals surface area contributed by atoms with Crippen LogP contribution in [0.2, 0.25) is 0 Å². The van der Waals surface area contributed by atoms with Crippen LogP contribution in [0.15, 0.2) is 0 Å². The second-order valence-electron chi connectivity index (χ2n) is 16.1. The van der Waals surface area contributed by atoms with Gasteiger partial charge in [-0.05, 0) is 122 Å². The van der Waals surface area contributed by atoms with E-state index in [0.29, 0.717) is 16.7 Å². The molecule has 0 radical (unpaired) electrons. The Bertz CT molecular complexity index is 864. The third-order valence-corrected chi connectivity index (χ3v) is 14.0. The molecule has 1 aliphatic heterocycles. The van der Waals surface area contributed by atoms with E-state index < -0.39 is 37.3 Å². The van der Waals surface area contributed by atoms with Gasteiger partial charge in [0.2, 0.25) is 0 Å². The maximum Gasteiger partial charge on any atom is 0.186 e. The molecule has 0 aromatic carbocycles. The molecule has 2 unspecified atom stereocenters. The first-order valence-corrected chi connectivity index (χ1v) is 17.4. The Morgan fingerprint density at radius 1 is 0.829 bits per heavy atom. The maximum absolute atomic E-state index is 10.5. The zero-order valence-corrected chi connectivity index (χ0v) is 26.9. The fourth-order valence-electron chi connectivity index (χ4n) is 11.4. The lowest BCUT2D eigenvalue weighted by molar-refractivity contribution is -0.316. The Morgan fingerprint density at radius 3 is 2.22 bits per heavy atom. The Balaban J connectivity index is 1.20. The molecule has 1 heterocycles. The monoisotopic (exact) mass is 578 g/mol. The van der Waals surface area contributed by atoms with E-state index in [4.69, 9.17) is 9.47 Å². The number of fused-ring (bicyclic) bond motifs is 5. The minimum atomic E-state index is -1.38. The molecule has 5 aliphatic rings. The molecular formula is C35H62O6. The standard InChI is InChI=1S/C35H62O6/c1-7-22(20(2)3)9-8-21(4)26-12-13-27-25-11-10-23-18-24(14-16-34(23,5)28(25)15-17-35(26,27)6)40-33-32(39)31(38)30(37)29(19-36)41-33/h20-33,36-39H,7-19H2,1-6H3/t21-,22-,23+,24+,25+,26-,27+,28+,29?,30-,31?,32+,33-,34+,35-/m1/s1. The molecule has 4 aliphatic carbocycles. The lowest BCUT2D eigenvalue weighted by atomic mass is 9.44. The summed E-state index contributed by atoms with van der Waals surface area (Å²) in [5.41, 5.74) is 0.849. The van der Waals surface area contributed by atoms with Gasteiger partial charge in [-0.3, -0.25) is 0 Å². The van der Waals surface area contributed by atoms with Crippen molar-refractivity contribution < 1.29 is 29.9 Å². The maximum atomic E-state index is 10.5. The van der Waals surface area contributed by atoms with E-state index in [1.165, 1.54) is 57.8 Å². The summed E-state index contributed by atoms with van der Waals surface area (Å²) < 4.78 is 11.9. The number of aliphatic hydroxyl groups excluding tert-OH is 4. The van der Waals surface area contributed by atoms with Crippen LogP contribution in [0.25, 0.3) is 0 Å². The molecule has 0 aromatic rings. The summed E-state index contributed by atoms with van der Waals surface area (Å²) in [6, 6.07) is 0. The van der Waals surface area contributed by atoms with Crippen LogP contribution >= 0.6 is 0 Å². The number of rotatable bonds is 9. The lowest BCUT2D eigenvalue weighted by Crippen LogP contribution is -2.60. The first-order valence-electron chi connectivity index (χ1n) is 17.4. The van der Waals surface area contributed by atoms with Crippen LogP contribution in [-0.4, -0.2) is 63.8 Å². The Labute approximate surface area is 250 Å². The van der Waals surface area contributed by atoms with Crippen LogP contribution in [0.5, 0.6) is 0 Å². The average Bonchev–Trinajstić information content (AvgIpc) is 3.30. The Hall–Kier alpha value is -0.240. The van der Waals surface area contributed by atoms with E-state index in [2.05, 4.69) is 41.5 Å². The van der Waals surface area contributed by atoms with Crippen molar-refractivity contribution in [2.24, 2.45) is 58.2 Å². The summed E-state index contributed by atoms with van der Waals surface area (Å²) in [7, 11) is 0. The van der Waals surface area contributed by atoms with Crippen molar-refractivity contribution >= 4 is 0 Å². The van der Waals surface area contributed by atoms with Gasteiger partial charge in [-0.15, -0.1) is 0 Å².